The Labute approximate surface area is 142 Å². The molecule has 1 aromatic carbocycles. The van der Waals surface area contributed by atoms with E-state index in [0.29, 0.717) is 18.5 Å². The van der Waals surface area contributed by atoms with Crippen molar-refractivity contribution in [2.24, 2.45) is 0 Å². The topological polar surface area (TPSA) is 53.2 Å². The van der Waals surface area contributed by atoms with E-state index >= 15 is 0 Å². The average Bonchev–Trinajstić information content (AvgIpc) is 2.94. The number of Topliss-reactive ketones (excluding diaryl/α,β-unsaturated/α-hetero) is 1. The van der Waals surface area contributed by atoms with E-state index in [1.54, 1.807) is 17.2 Å². The molecule has 0 aliphatic carbocycles. The maximum absolute atomic E-state index is 13.2. The van der Waals surface area contributed by atoms with Crippen LogP contribution < -0.4 is 0 Å². The van der Waals surface area contributed by atoms with Crippen LogP contribution >= 0.6 is 0 Å². The minimum Gasteiger partial charge on any atom is -0.361 e. The number of amides is 1. The molecule has 2 heterocycles. The highest BCUT2D eigenvalue weighted by Gasteiger charge is 2.19. The van der Waals surface area contributed by atoms with Crippen molar-refractivity contribution < 1.29 is 15.4 Å². The normalized spacial score (nSPS) is 16.1. The monoisotopic (exact) mass is 332 g/mol. The van der Waals surface area contributed by atoms with Crippen molar-refractivity contribution in [3.63, 3.8) is 0 Å². The zero-order chi connectivity index (χ0) is 17.5. The van der Waals surface area contributed by atoms with E-state index in [2.05, 4.69) is 4.98 Å². The van der Waals surface area contributed by atoms with Crippen molar-refractivity contribution in [2.75, 3.05) is 13.1 Å². The maximum atomic E-state index is 13.2. The predicted octanol–water partition coefficient (Wildman–Crippen LogP) is 3.87. The Morgan fingerprint density at radius 3 is 2.92 bits per heavy atom. The summed E-state index contributed by atoms with van der Waals surface area (Å²) < 4.78 is 13.2. The number of allylic oxidation sites excluding steroid dienone is 1. The molecule has 1 aliphatic heterocycles. The van der Waals surface area contributed by atoms with Crippen LogP contribution in [0.1, 0.15) is 33.7 Å². The number of halogens is 1. The van der Waals surface area contributed by atoms with E-state index in [9.17, 15) is 14.0 Å². The van der Waals surface area contributed by atoms with E-state index in [0.717, 1.165) is 17.4 Å². The second-order valence-corrected chi connectivity index (χ2v) is 5.50. The molecule has 1 aliphatic rings. The summed E-state index contributed by atoms with van der Waals surface area (Å²) in [5, 5.41) is 0.841. The van der Waals surface area contributed by atoms with Crippen LogP contribution in [-0.4, -0.2) is 34.7 Å². The van der Waals surface area contributed by atoms with E-state index in [1.807, 2.05) is 26.0 Å². The van der Waals surface area contributed by atoms with E-state index in [1.165, 1.54) is 12.1 Å². The summed E-state index contributed by atoms with van der Waals surface area (Å²) >= 11 is 0. The third-order valence-electron chi connectivity index (χ3n) is 3.87. The van der Waals surface area contributed by atoms with Crippen LogP contribution in [0.15, 0.2) is 36.5 Å². The Morgan fingerprint density at radius 1 is 1.33 bits per heavy atom. The fourth-order valence-corrected chi connectivity index (χ4v) is 2.71. The first kappa shape index (κ1) is 17.9. The highest BCUT2D eigenvalue weighted by Crippen LogP contribution is 2.20. The molecule has 130 valence electrons. The van der Waals surface area contributed by atoms with Gasteiger partial charge in [-0.05, 0) is 30.2 Å². The molecule has 0 saturated carbocycles. The van der Waals surface area contributed by atoms with E-state index in [4.69, 9.17) is 0 Å². The Balaban J connectivity index is 0.00000101. The molecule has 0 spiro atoms. The number of nitrogens with zero attached hydrogens (tertiary/aromatic N) is 1. The number of aromatic nitrogens is 1. The number of fused-ring (bicyclic) bond motifs is 1. The molecule has 0 radical (unpaired) electrons. The predicted molar refractivity (Wildman–Crippen MR) is 95.4 cm³/mol. The molecule has 0 bridgehead atoms. The lowest BCUT2D eigenvalue weighted by molar-refractivity contribution is -0.134. The lowest BCUT2D eigenvalue weighted by Gasteiger charge is -2.22. The molecule has 24 heavy (non-hydrogen) atoms. The van der Waals surface area contributed by atoms with Gasteiger partial charge in [-0.15, -0.1) is 0 Å². The molecule has 0 fully saturated rings. The summed E-state index contributed by atoms with van der Waals surface area (Å²) in [6.45, 7) is 4.72. The Hall–Kier alpha value is -2.43. The van der Waals surface area contributed by atoms with Gasteiger partial charge in [0.2, 0.25) is 5.91 Å². The van der Waals surface area contributed by atoms with Crippen LogP contribution in [0.4, 0.5) is 4.39 Å². The van der Waals surface area contributed by atoms with Gasteiger partial charge in [0.1, 0.15) is 5.82 Å². The second kappa shape index (κ2) is 8.43. The number of aromatic amines is 1. The van der Waals surface area contributed by atoms with Gasteiger partial charge in [-0.25, -0.2) is 4.39 Å². The van der Waals surface area contributed by atoms with Crippen LogP contribution in [0.2, 0.25) is 0 Å². The third-order valence-corrected chi connectivity index (χ3v) is 3.87. The van der Waals surface area contributed by atoms with Crippen LogP contribution in [-0.2, 0) is 16.0 Å². The number of H-pyrrole nitrogens is 1. The first-order valence-electron chi connectivity index (χ1n) is 8.33. The van der Waals surface area contributed by atoms with E-state index in [-0.39, 0.29) is 31.9 Å². The summed E-state index contributed by atoms with van der Waals surface area (Å²) in [6, 6.07) is 4.47. The molecule has 0 unspecified atom stereocenters. The molecule has 2 aromatic rings. The average molecular weight is 332 g/mol. The fourth-order valence-electron chi connectivity index (χ4n) is 2.71. The van der Waals surface area contributed by atoms with Gasteiger partial charge >= 0.3 is 0 Å². The van der Waals surface area contributed by atoms with Crippen molar-refractivity contribution in [1.29, 1.82) is 0 Å². The van der Waals surface area contributed by atoms with Crippen LogP contribution in [0, 0.1) is 5.82 Å². The van der Waals surface area contributed by atoms with Gasteiger partial charge < -0.3 is 9.88 Å². The molecule has 4 nitrogen and oxygen atoms in total. The van der Waals surface area contributed by atoms with Crippen LogP contribution in [0.3, 0.4) is 0 Å². The largest absolute Gasteiger partial charge is 0.361 e. The molecule has 5 heteroatoms. The molecular weight excluding hydrogens is 307 g/mol. The number of carbonyl (C=O) groups is 2. The molecular formula is C19H25FN2O2. The lowest BCUT2D eigenvalue weighted by Crippen LogP contribution is -2.37. The number of benzene rings is 1. The number of carbonyl (C=O) groups excluding carboxylic acids is 2. The number of hydrogen-bond acceptors (Lipinski definition) is 2. The third kappa shape index (κ3) is 4.31. The summed E-state index contributed by atoms with van der Waals surface area (Å²) in [5.41, 5.74) is 1.50. The van der Waals surface area contributed by atoms with Crippen molar-refractivity contribution >= 4 is 22.6 Å². The molecule has 1 amide bonds. The quantitative estimate of drug-likeness (QED) is 0.849. The maximum Gasteiger partial charge on any atom is 0.227 e. The van der Waals surface area contributed by atoms with Crippen LogP contribution in [0.5, 0.6) is 0 Å². The first-order chi connectivity index (χ1) is 11.6. The van der Waals surface area contributed by atoms with Gasteiger partial charge in [0.15, 0.2) is 5.78 Å². The molecule has 1 aromatic heterocycles. The van der Waals surface area contributed by atoms with Gasteiger partial charge in [-0.3, -0.25) is 9.59 Å². The number of ketones is 1. The summed E-state index contributed by atoms with van der Waals surface area (Å²) in [5.74, 6) is -0.340. The highest BCUT2D eigenvalue weighted by atomic mass is 19.1. The lowest BCUT2D eigenvalue weighted by atomic mass is 10.1. The molecule has 0 atom stereocenters. The summed E-state index contributed by atoms with van der Waals surface area (Å²) in [7, 11) is 0. The zero-order valence-corrected chi connectivity index (χ0v) is 14.1. The van der Waals surface area contributed by atoms with Crippen LogP contribution in [0.25, 0.3) is 10.9 Å². The minimum atomic E-state index is -0.312. The number of hydrogen-bond donors (Lipinski definition) is 1. The van der Waals surface area contributed by atoms with Crippen molar-refractivity contribution in [2.45, 2.75) is 33.1 Å². The van der Waals surface area contributed by atoms with Gasteiger partial charge in [0.05, 0.1) is 13.0 Å². The number of nitrogens with one attached hydrogen (secondary N) is 1. The Kier molecular flexibility index (Phi) is 6.29. The smallest absolute Gasteiger partial charge is 0.227 e. The number of rotatable bonds is 2. The fraction of sp³-hybridized carbons (Fsp3) is 0.368. The van der Waals surface area contributed by atoms with Gasteiger partial charge in [0, 0.05) is 31.5 Å². The van der Waals surface area contributed by atoms with Crippen molar-refractivity contribution in [3.05, 3.63) is 47.9 Å². The second-order valence-electron chi connectivity index (χ2n) is 5.50. The summed E-state index contributed by atoms with van der Waals surface area (Å²) in [6.07, 6.45) is 6.88. The highest BCUT2D eigenvalue weighted by molar-refractivity contribution is 5.91. The minimum absolute atomic E-state index is 0. The van der Waals surface area contributed by atoms with Gasteiger partial charge in [0.25, 0.3) is 0 Å². The van der Waals surface area contributed by atoms with Crippen molar-refractivity contribution in [3.8, 4) is 0 Å². The van der Waals surface area contributed by atoms with Crippen molar-refractivity contribution in [1.82, 2.24) is 9.88 Å². The zero-order valence-electron chi connectivity index (χ0n) is 14.1. The molecule has 1 N–H and O–H groups in total. The SMILES string of the molecule is CC.O=C1C/C=C/CCN(C(=O)Cc2c[nH]c3cc(F)ccc23)C1.[HH]. The standard InChI is InChI=1S/C17H17FN2O2.C2H6.H2/c18-13-5-6-15-12(10-19-16(15)9-13)8-17(22)20-7-3-1-2-4-14(21)11-20;1-2;/h1-2,5-6,9-10,19H,3-4,7-8,11H2;1-2H3;1H/b2-1+;;. The Bertz CT molecular complexity index is 755. The molecule has 0 saturated heterocycles. The van der Waals surface area contributed by atoms with Gasteiger partial charge in [-0.1, -0.05) is 26.0 Å². The Morgan fingerprint density at radius 2 is 2.12 bits per heavy atom. The first-order valence-corrected chi connectivity index (χ1v) is 8.33. The summed E-state index contributed by atoms with van der Waals surface area (Å²) in [4.78, 5) is 28.7. The van der Waals surface area contributed by atoms with E-state index < -0.39 is 0 Å². The van der Waals surface area contributed by atoms with Gasteiger partial charge in [-0.2, -0.15) is 0 Å². The molecule has 3 rings (SSSR count).